The summed E-state index contributed by atoms with van der Waals surface area (Å²) in [5.74, 6) is -0.388. The molecule has 0 saturated heterocycles. The molecule has 0 atom stereocenters. The minimum absolute atomic E-state index is 0.152. The van der Waals surface area contributed by atoms with Gasteiger partial charge in [-0.05, 0) is 31.2 Å². The first-order valence-corrected chi connectivity index (χ1v) is 6.29. The first-order chi connectivity index (χ1) is 8.47. The molecular formula is C12H16BrN3O2. The van der Waals surface area contributed by atoms with Crippen LogP contribution in [0.15, 0.2) is 28.7 Å². The molecule has 3 amide bonds. The lowest BCUT2D eigenvalue weighted by molar-refractivity contribution is -0.120. The van der Waals surface area contributed by atoms with Gasteiger partial charge in [-0.1, -0.05) is 28.1 Å². The van der Waals surface area contributed by atoms with Crippen molar-refractivity contribution < 1.29 is 9.59 Å². The summed E-state index contributed by atoms with van der Waals surface area (Å²) in [4.78, 5) is 23.6. The molecule has 1 aromatic rings. The zero-order valence-electron chi connectivity index (χ0n) is 10.1. The fraction of sp³-hybridized carbons (Fsp3) is 0.333. The van der Waals surface area contributed by atoms with Crippen molar-refractivity contribution in [2.45, 2.75) is 6.42 Å². The van der Waals surface area contributed by atoms with Crippen LogP contribution in [0.5, 0.6) is 0 Å². The molecule has 1 aromatic carbocycles. The molecule has 0 heterocycles. The van der Waals surface area contributed by atoms with Crippen molar-refractivity contribution in [1.82, 2.24) is 10.2 Å². The van der Waals surface area contributed by atoms with Crippen molar-refractivity contribution in [3.8, 4) is 0 Å². The lowest BCUT2D eigenvalue weighted by Gasteiger charge is -2.15. The van der Waals surface area contributed by atoms with Crippen LogP contribution >= 0.6 is 15.9 Å². The number of amides is 3. The van der Waals surface area contributed by atoms with Crippen molar-refractivity contribution in [2.24, 2.45) is 5.73 Å². The first-order valence-electron chi connectivity index (χ1n) is 5.49. The lowest BCUT2D eigenvalue weighted by atomic mass is 10.1. The van der Waals surface area contributed by atoms with Crippen LogP contribution < -0.4 is 11.1 Å². The highest BCUT2D eigenvalue weighted by Crippen LogP contribution is 2.10. The van der Waals surface area contributed by atoms with Gasteiger partial charge in [0.2, 0.25) is 5.91 Å². The minimum Gasteiger partial charge on any atom is -0.351 e. The van der Waals surface area contributed by atoms with Crippen molar-refractivity contribution in [3.63, 3.8) is 0 Å². The summed E-state index contributed by atoms with van der Waals surface area (Å²) in [5.41, 5.74) is 6.05. The van der Waals surface area contributed by atoms with E-state index < -0.39 is 6.03 Å². The van der Waals surface area contributed by atoms with Crippen LogP contribution in [0.4, 0.5) is 4.79 Å². The molecule has 98 valence electrons. The number of primary amides is 1. The molecule has 6 heteroatoms. The number of rotatable bonds is 5. The van der Waals surface area contributed by atoms with E-state index in [1.54, 1.807) is 0 Å². The minimum atomic E-state index is -0.818. The number of hydrogen-bond acceptors (Lipinski definition) is 3. The second-order valence-corrected chi connectivity index (χ2v) is 4.94. The van der Waals surface area contributed by atoms with Crippen molar-refractivity contribution >= 4 is 27.9 Å². The number of halogens is 1. The van der Waals surface area contributed by atoms with Gasteiger partial charge in [0.1, 0.15) is 0 Å². The average molecular weight is 314 g/mol. The number of urea groups is 1. The van der Waals surface area contributed by atoms with Crippen LogP contribution in [-0.2, 0) is 11.2 Å². The van der Waals surface area contributed by atoms with Crippen LogP contribution in [0, 0.1) is 0 Å². The van der Waals surface area contributed by atoms with E-state index in [-0.39, 0.29) is 12.5 Å². The van der Waals surface area contributed by atoms with E-state index in [1.165, 1.54) is 5.56 Å². The number of benzene rings is 1. The molecule has 0 bridgehead atoms. The average Bonchev–Trinajstić information content (AvgIpc) is 2.27. The number of nitrogens with one attached hydrogen (secondary N) is 1. The quantitative estimate of drug-likeness (QED) is 0.855. The van der Waals surface area contributed by atoms with Crippen LogP contribution in [0.2, 0.25) is 0 Å². The summed E-state index contributed by atoms with van der Waals surface area (Å²) in [5, 5.41) is 2.03. The Bertz CT molecular complexity index is 420. The second-order valence-electron chi connectivity index (χ2n) is 4.03. The fourth-order valence-electron chi connectivity index (χ4n) is 1.47. The highest BCUT2D eigenvalue weighted by atomic mass is 79.9. The van der Waals surface area contributed by atoms with Gasteiger partial charge < -0.3 is 5.73 Å². The van der Waals surface area contributed by atoms with Gasteiger partial charge in [-0.25, -0.2) is 4.79 Å². The third kappa shape index (κ3) is 5.79. The zero-order valence-corrected chi connectivity index (χ0v) is 11.7. The van der Waals surface area contributed by atoms with E-state index in [0.717, 1.165) is 17.4 Å². The topological polar surface area (TPSA) is 75.4 Å². The van der Waals surface area contributed by atoms with Gasteiger partial charge in [-0.3, -0.25) is 15.0 Å². The van der Waals surface area contributed by atoms with E-state index in [1.807, 2.05) is 41.5 Å². The van der Waals surface area contributed by atoms with Crippen LogP contribution in [-0.4, -0.2) is 37.0 Å². The van der Waals surface area contributed by atoms with Gasteiger partial charge in [0.05, 0.1) is 6.54 Å². The number of likely N-dealkylation sites (N-methyl/N-ethyl adjacent to an activating group) is 1. The molecule has 0 spiro atoms. The fourth-order valence-corrected chi connectivity index (χ4v) is 1.74. The molecule has 0 radical (unpaired) electrons. The Morgan fingerprint density at radius 1 is 1.33 bits per heavy atom. The SMILES string of the molecule is CN(CCc1ccc(Br)cc1)CC(=O)NC(N)=O. The Morgan fingerprint density at radius 2 is 1.94 bits per heavy atom. The third-order valence-corrected chi connectivity index (χ3v) is 2.90. The maximum Gasteiger partial charge on any atom is 0.318 e. The standard InChI is InChI=1S/C12H16BrN3O2/c1-16(8-11(17)15-12(14)18)7-6-9-2-4-10(13)5-3-9/h2-5H,6-8H2,1H3,(H3,14,15,17,18). The largest absolute Gasteiger partial charge is 0.351 e. The smallest absolute Gasteiger partial charge is 0.318 e. The Labute approximate surface area is 114 Å². The molecule has 0 fully saturated rings. The molecule has 5 nitrogen and oxygen atoms in total. The maximum absolute atomic E-state index is 11.3. The van der Waals surface area contributed by atoms with Gasteiger partial charge in [0.15, 0.2) is 0 Å². The molecule has 0 aromatic heterocycles. The van der Waals surface area contributed by atoms with Gasteiger partial charge in [-0.15, -0.1) is 0 Å². The van der Waals surface area contributed by atoms with Crippen molar-refractivity contribution in [1.29, 1.82) is 0 Å². The molecular weight excluding hydrogens is 298 g/mol. The molecule has 0 unspecified atom stereocenters. The monoisotopic (exact) mass is 313 g/mol. The number of carbonyl (C=O) groups is 2. The number of hydrogen-bond donors (Lipinski definition) is 2. The Kier molecular flexibility index (Phi) is 5.80. The highest BCUT2D eigenvalue weighted by molar-refractivity contribution is 9.10. The lowest BCUT2D eigenvalue weighted by Crippen LogP contribution is -2.41. The molecule has 0 aliphatic heterocycles. The molecule has 3 N–H and O–H groups in total. The summed E-state index contributed by atoms with van der Waals surface area (Å²) in [7, 11) is 1.82. The van der Waals surface area contributed by atoms with Gasteiger partial charge in [0, 0.05) is 11.0 Å². The number of carbonyl (C=O) groups excluding carboxylic acids is 2. The van der Waals surface area contributed by atoms with Crippen molar-refractivity contribution in [2.75, 3.05) is 20.1 Å². The Balaban J connectivity index is 2.32. The number of imide groups is 1. The first kappa shape index (κ1) is 14.7. The van der Waals surface area contributed by atoms with E-state index in [2.05, 4.69) is 15.9 Å². The van der Waals surface area contributed by atoms with Crippen LogP contribution in [0.1, 0.15) is 5.56 Å². The molecule has 18 heavy (non-hydrogen) atoms. The van der Waals surface area contributed by atoms with E-state index in [4.69, 9.17) is 5.73 Å². The number of nitrogens with two attached hydrogens (primary N) is 1. The van der Waals surface area contributed by atoms with Gasteiger partial charge in [-0.2, -0.15) is 0 Å². The Morgan fingerprint density at radius 3 is 2.50 bits per heavy atom. The summed E-state index contributed by atoms with van der Waals surface area (Å²) >= 11 is 3.37. The van der Waals surface area contributed by atoms with Crippen molar-refractivity contribution in [3.05, 3.63) is 34.3 Å². The van der Waals surface area contributed by atoms with E-state index in [9.17, 15) is 9.59 Å². The van der Waals surface area contributed by atoms with Gasteiger partial charge >= 0.3 is 6.03 Å². The normalized spacial score (nSPS) is 10.4. The van der Waals surface area contributed by atoms with Gasteiger partial charge in [0.25, 0.3) is 0 Å². The predicted molar refractivity (Wildman–Crippen MR) is 73.1 cm³/mol. The Hall–Kier alpha value is -1.40. The molecule has 0 saturated carbocycles. The van der Waals surface area contributed by atoms with E-state index in [0.29, 0.717) is 0 Å². The predicted octanol–water partition coefficient (Wildman–Crippen LogP) is 1.12. The maximum atomic E-state index is 11.3. The van der Waals surface area contributed by atoms with Crippen LogP contribution in [0.25, 0.3) is 0 Å². The summed E-state index contributed by atoms with van der Waals surface area (Å²) in [6.45, 7) is 0.882. The zero-order chi connectivity index (χ0) is 13.5. The third-order valence-electron chi connectivity index (χ3n) is 2.37. The summed E-state index contributed by atoms with van der Waals surface area (Å²) < 4.78 is 1.04. The molecule has 0 aliphatic rings. The highest BCUT2D eigenvalue weighted by Gasteiger charge is 2.08. The summed E-state index contributed by atoms with van der Waals surface area (Å²) in [6.07, 6.45) is 0.841. The molecule has 1 rings (SSSR count). The second kappa shape index (κ2) is 7.13. The summed E-state index contributed by atoms with van der Waals surface area (Å²) in [6, 6.07) is 7.20. The van der Waals surface area contributed by atoms with E-state index >= 15 is 0 Å². The number of nitrogens with zero attached hydrogens (tertiary/aromatic N) is 1. The molecule has 0 aliphatic carbocycles. The van der Waals surface area contributed by atoms with Crippen LogP contribution in [0.3, 0.4) is 0 Å².